The van der Waals surface area contributed by atoms with Crippen LogP contribution in [-0.2, 0) is 18.4 Å². The Morgan fingerprint density at radius 3 is 1.39 bits per heavy atom. The van der Waals surface area contributed by atoms with Gasteiger partial charge in [-0.2, -0.15) is 0 Å². The van der Waals surface area contributed by atoms with E-state index in [1.54, 1.807) is 0 Å². The molecular formula is C40H83N2O6P. The highest BCUT2D eigenvalue weighted by molar-refractivity contribution is 7.45. The zero-order valence-electron chi connectivity index (χ0n) is 33.2. The number of carbonyl (C=O) groups is 1. The third kappa shape index (κ3) is 35.7. The fraction of sp³-hybridized carbons (Fsp3) is 0.975. The van der Waals surface area contributed by atoms with Crippen molar-refractivity contribution in [1.29, 1.82) is 0 Å². The van der Waals surface area contributed by atoms with Gasteiger partial charge in [-0.25, -0.2) is 0 Å². The molecule has 0 aromatic heterocycles. The molecule has 3 unspecified atom stereocenters. The van der Waals surface area contributed by atoms with Crippen LogP contribution in [0.1, 0.15) is 200 Å². The van der Waals surface area contributed by atoms with Crippen molar-refractivity contribution in [1.82, 2.24) is 5.32 Å². The lowest BCUT2D eigenvalue weighted by atomic mass is 10.0. The minimum atomic E-state index is -4.55. The fourth-order valence-electron chi connectivity index (χ4n) is 6.22. The third-order valence-electron chi connectivity index (χ3n) is 9.60. The van der Waals surface area contributed by atoms with Crippen LogP contribution in [0, 0.1) is 0 Å². The SMILES string of the molecule is CCCCCCCCCCCCCCCCCC(O)C(COP(=O)([O-])OCC[N+](C)(C)C)NC(=O)CCCCCCCCCCCCCC. The maximum absolute atomic E-state index is 12.8. The first-order chi connectivity index (χ1) is 23.5. The Balaban J connectivity index is 4.39. The minimum Gasteiger partial charge on any atom is -0.756 e. The van der Waals surface area contributed by atoms with E-state index in [-0.39, 0.29) is 19.1 Å². The summed E-state index contributed by atoms with van der Waals surface area (Å²) in [6, 6.07) is -0.791. The van der Waals surface area contributed by atoms with Gasteiger partial charge in [-0.05, 0) is 12.8 Å². The zero-order valence-corrected chi connectivity index (χ0v) is 34.1. The van der Waals surface area contributed by atoms with Crippen molar-refractivity contribution in [2.75, 3.05) is 40.9 Å². The molecule has 294 valence electrons. The zero-order chi connectivity index (χ0) is 36.5. The van der Waals surface area contributed by atoms with Gasteiger partial charge in [0, 0.05) is 6.42 Å². The summed E-state index contributed by atoms with van der Waals surface area (Å²) >= 11 is 0. The van der Waals surface area contributed by atoms with E-state index >= 15 is 0 Å². The smallest absolute Gasteiger partial charge is 0.268 e. The van der Waals surface area contributed by atoms with Crippen molar-refractivity contribution < 1.29 is 32.9 Å². The number of phosphoric ester groups is 1. The van der Waals surface area contributed by atoms with Crippen molar-refractivity contribution in [3.8, 4) is 0 Å². The number of rotatable bonds is 38. The van der Waals surface area contributed by atoms with Gasteiger partial charge >= 0.3 is 0 Å². The highest BCUT2D eigenvalue weighted by Gasteiger charge is 2.24. The second-order valence-corrected chi connectivity index (χ2v) is 17.1. The number of carbonyl (C=O) groups excluding carboxylic acids is 1. The van der Waals surface area contributed by atoms with E-state index in [1.165, 1.54) is 135 Å². The molecule has 0 aromatic carbocycles. The van der Waals surface area contributed by atoms with Crippen molar-refractivity contribution >= 4 is 13.7 Å². The van der Waals surface area contributed by atoms with Crippen molar-refractivity contribution in [3.05, 3.63) is 0 Å². The maximum Gasteiger partial charge on any atom is 0.268 e. The monoisotopic (exact) mass is 719 g/mol. The number of nitrogens with zero attached hydrogens (tertiary/aromatic N) is 1. The second kappa shape index (κ2) is 33.3. The topological polar surface area (TPSA) is 108 Å². The van der Waals surface area contributed by atoms with Gasteiger partial charge in [-0.1, -0.05) is 181 Å². The van der Waals surface area contributed by atoms with Gasteiger partial charge in [0.25, 0.3) is 7.82 Å². The number of unbranched alkanes of at least 4 members (excludes halogenated alkanes) is 25. The molecule has 49 heavy (non-hydrogen) atoms. The molecule has 0 spiro atoms. The van der Waals surface area contributed by atoms with E-state index in [0.29, 0.717) is 23.9 Å². The van der Waals surface area contributed by atoms with E-state index in [9.17, 15) is 19.4 Å². The van der Waals surface area contributed by atoms with Crippen LogP contribution in [0.4, 0.5) is 0 Å². The standard InChI is InChI=1S/C40H83N2O6P/c1-6-8-10-12-14-16-18-20-21-22-23-25-27-29-31-33-39(43)38(37-48-49(45,46)47-36-35-42(3,4)5)41-40(44)34-32-30-28-26-24-19-17-15-13-11-9-7-2/h38-39,43H,6-37H2,1-5H3,(H-,41,44,45,46). The van der Waals surface area contributed by atoms with E-state index in [4.69, 9.17) is 9.05 Å². The molecule has 0 fully saturated rings. The van der Waals surface area contributed by atoms with Crippen LogP contribution in [0.2, 0.25) is 0 Å². The summed E-state index contributed by atoms with van der Waals surface area (Å²) in [5.41, 5.74) is 0. The molecule has 3 atom stereocenters. The summed E-state index contributed by atoms with van der Waals surface area (Å²) in [5.74, 6) is -0.164. The Bertz CT molecular complexity index is 778. The lowest BCUT2D eigenvalue weighted by Gasteiger charge is -2.30. The lowest BCUT2D eigenvalue weighted by Crippen LogP contribution is -2.46. The maximum atomic E-state index is 12.8. The van der Waals surface area contributed by atoms with Gasteiger partial charge < -0.3 is 28.8 Å². The Labute approximate surface area is 304 Å². The molecule has 0 aliphatic carbocycles. The molecule has 0 aromatic rings. The van der Waals surface area contributed by atoms with Gasteiger partial charge in [0.2, 0.25) is 5.91 Å². The summed E-state index contributed by atoms with van der Waals surface area (Å²) in [4.78, 5) is 25.2. The molecule has 0 aliphatic heterocycles. The quantitative estimate of drug-likeness (QED) is 0.0374. The minimum absolute atomic E-state index is 0.0158. The second-order valence-electron chi connectivity index (χ2n) is 15.7. The highest BCUT2D eigenvalue weighted by atomic mass is 31.2. The molecule has 9 heteroatoms. The van der Waals surface area contributed by atoms with Gasteiger partial charge in [-0.15, -0.1) is 0 Å². The van der Waals surface area contributed by atoms with Crippen LogP contribution < -0.4 is 10.2 Å². The van der Waals surface area contributed by atoms with Crippen LogP contribution >= 0.6 is 7.82 Å². The van der Waals surface area contributed by atoms with Crippen LogP contribution in [0.25, 0.3) is 0 Å². The molecule has 0 saturated heterocycles. The summed E-state index contributed by atoms with van der Waals surface area (Å²) < 4.78 is 23.2. The van der Waals surface area contributed by atoms with E-state index in [0.717, 1.165) is 38.5 Å². The van der Waals surface area contributed by atoms with Gasteiger partial charge in [0.05, 0.1) is 39.9 Å². The van der Waals surface area contributed by atoms with Crippen molar-refractivity contribution in [2.45, 2.75) is 212 Å². The predicted molar refractivity (Wildman–Crippen MR) is 206 cm³/mol. The highest BCUT2D eigenvalue weighted by Crippen LogP contribution is 2.38. The summed E-state index contributed by atoms with van der Waals surface area (Å²) in [7, 11) is 1.31. The largest absolute Gasteiger partial charge is 0.756 e. The normalized spacial score (nSPS) is 14.5. The molecule has 0 radical (unpaired) electrons. The molecule has 0 bridgehead atoms. The van der Waals surface area contributed by atoms with Gasteiger partial charge in [-0.3, -0.25) is 9.36 Å². The number of nitrogens with one attached hydrogen (secondary N) is 1. The lowest BCUT2D eigenvalue weighted by molar-refractivity contribution is -0.870. The Hall–Kier alpha value is -0.500. The fourth-order valence-corrected chi connectivity index (χ4v) is 6.94. The first kappa shape index (κ1) is 48.5. The Kier molecular flexibility index (Phi) is 33.0. The summed E-state index contributed by atoms with van der Waals surface area (Å²) in [5, 5.41) is 13.9. The molecule has 0 rings (SSSR count). The number of aliphatic hydroxyl groups excluding tert-OH is 1. The molecule has 1 amide bonds. The number of hydrogen-bond donors (Lipinski definition) is 2. The average molecular weight is 719 g/mol. The summed E-state index contributed by atoms with van der Waals surface area (Å²) in [6.45, 7) is 4.72. The summed E-state index contributed by atoms with van der Waals surface area (Å²) in [6.07, 6.45) is 33.8. The molecule has 0 saturated carbocycles. The van der Waals surface area contributed by atoms with E-state index in [1.807, 2.05) is 21.1 Å². The van der Waals surface area contributed by atoms with Crippen LogP contribution in [0.15, 0.2) is 0 Å². The molecule has 8 nitrogen and oxygen atoms in total. The van der Waals surface area contributed by atoms with Crippen molar-refractivity contribution in [3.63, 3.8) is 0 Å². The first-order valence-electron chi connectivity index (χ1n) is 20.9. The van der Waals surface area contributed by atoms with Gasteiger partial charge in [0.1, 0.15) is 13.2 Å². The number of quaternary nitrogens is 1. The average Bonchev–Trinajstić information content (AvgIpc) is 3.04. The number of hydrogen-bond acceptors (Lipinski definition) is 6. The van der Waals surface area contributed by atoms with E-state index < -0.39 is 20.0 Å². The Morgan fingerprint density at radius 1 is 0.633 bits per heavy atom. The van der Waals surface area contributed by atoms with E-state index in [2.05, 4.69) is 19.2 Å². The molecule has 0 aliphatic rings. The number of aliphatic hydroxyl groups is 1. The van der Waals surface area contributed by atoms with Crippen LogP contribution in [-0.4, -0.2) is 68.5 Å². The van der Waals surface area contributed by atoms with Crippen LogP contribution in [0.5, 0.6) is 0 Å². The molecule has 2 N–H and O–H groups in total. The first-order valence-corrected chi connectivity index (χ1v) is 22.3. The number of amides is 1. The molecular weight excluding hydrogens is 635 g/mol. The van der Waals surface area contributed by atoms with Gasteiger partial charge in [0.15, 0.2) is 0 Å². The number of phosphoric acid groups is 1. The van der Waals surface area contributed by atoms with Crippen LogP contribution in [0.3, 0.4) is 0 Å². The Morgan fingerprint density at radius 2 is 1.00 bits per heavy atom. The number of likely N-dealkylation sites (N-methyl/N-ethyl adjacent to an activating group) is 1. The van der Waals surface area contributed by atoms with Crippen molar-refractivity contribution in [2.24, 2.45) is 0 Å². The third-order valence-corrected chi connectivity index (χ3v) is 10.6. The molecule has 0 heterocycles. The predicted octanol–water partition coefficient (Wildman–Crippen LogP) is 10.4.